The minimum absolute atomic E-state index is 0.222. The van der Waals surface area contributed by atoms with Crippen LogP contribution in [0, 0.1) is 11.3 Å². The van der Waals surface area contributed by atoms with Gasteiger partial charge in [0.15, 0.2) is 0 Å². The SMILES string of the molecule is CCOc1nc(N)nc(N2CCCC(C(C)(C)C)CC2)n1. The Bertz CT molecular complexity index is 472. The van der Waals surface area contributed by atoms with E-state index in [1.165, 1.54) is 6.42 Å². The van der Waals surface area contributed by atoms with Crippen LogP contribution in [0.5, 0.6) is 6.01 Å². The monoisotopic (exact) mass is 293 g/mol. The van der Waals surface area contributed by atoms with Gasteiger partial charge >= 0.3 is 6.01 Å². The molecule has 0 amide bonds. The molecule has 1 aliphatic heterocycles. The van der Waals surface area contributed by atoms with Gasteiger partial charge in [-0.05, 0) is 37.5 Å². The molecular formula is C15H27N5O. The number of aromatic nitrogens is 3. The van der Waals surface area contributed by atoms with Crippen molar-refractivity contribution in [2.45, 2.75) is 47.0 Å². The molecule has 1 fully saturated rings. The maximum absolute atomic E-state index is 5.76. The summed E-state index contributed by atoms with van der Waals surface area (Å²) >= 11 is 0. The van der Waals surface area contributed by atoms with Crippen LogP contribution in [0.2, 0.25) is 0 Å². The maximum Gasteiger partial charge on any atom is 0.323 e. The molecule has 0 aromatic carbocycles. The number of nitrogens with zero attached hydrogens (tertiary/aromatic N) is 4. The molecule has 0 saturated carbocycles. The highest BCUT2D eigenvalue weighted by molar-refractivity contribution is 5.36. The summed E-state index contributed by atoms with van der Waals surface area (Å²) in [6, 6.07) is 0.316. The predicted octanol–water partition coefficient (Wildman–Crippen LogP) is 2.51. The Morgan fingerprint density at radius 2 is 1.95 bits per heavy atom. The topological polar surface area (TPSA) is 77.2 Å². The van der Waals surface area contributed by atoms with Crippen molar-refractivity contribution >= 4 is 11.9 Å². The van der Waals surface area contributed by atoms with Gasteiger partial charge in [0.05, 0.1) is 6.61 Å². The van der Waals surface area contributed by atoms with Crippen LogP contribution in [0.4, 0.5) is 11.9 Å². The quantitative estimate of drug-likeness (QED) is 0.922. The van der Waals surface area contributed by atoms with Gasteiger partial charge in [-0.2, -0.15) is 15.0 Å². The highest BCUT2D eigenvalue weighted by Crippen LogP contribution is 2.34. The summed E-state index contributed by atoms with van der Waals surface area (Å²) in [6.07, 6.45) is 3.55. The number of hydrogen-bond donors (Lipinski definition) is 1. The van der Waals surface area contributed by atoms with E-state index in [2.05, 4.69) is 40.6 Å². The number of rotatable bonds is 3. The molecule has 118 valence electrons. The summed E-state index contributed by atoms with van der Waals surface area (Å²) in [4.78, 5) is 14.9. The zero-order chi connectivity index (χ0) is 15.5. The predicted molar refractivity (Wildman–Crippen MR) is 84.4 cm³/mol. The zero-order valence-electron chi connectivity index (χ0n) is 13.6. The molecular weight excluding hydrogens is 266 g/mol. The fourth-order valence-electron chi connectivity index (χ4n) is 2.86. The lowest BCUT2D eigenvalue weighted by Crippen LogP contribution is -2.28. The van der Waals surface area contributed by atoms with Crippen molar-refractivity contribution in [2.75, 3.05) is 30.3 Å². The number of ether oxygens (including phenoxy) is 1. The molecule has 2 rings (SSSR count). The molecule has 0 radical (unpaired) electrons. The van der Waals surface area contributed by atoms with Crippen LogP contribution in [-0.2, 0) is 0 Å². The summed E-state index contributed by atoms with van der Waals surface area (Å²) < 4.78 is 5.36. The van der Waals surface area contributed by atoms with Gasteiger partial charge in [-0.25, -0.2) is 0 Å². The maximum atomic E-state index is 5.76. The number of nitrogens with two attached hydrogens (primary N) is 1. The fourth-order valence-corrected chi connectivity index (χ4v) is 2.86. The van der Waals surface area contributed by atoms with E-state index in [0.29, 0.717) is 24.0 Å². The van der Waals surface area contributed by atoms with Gasteiger partial charge in [0.25, 0.3) is 0 Å². The first-order valence-electron chi connectivity index (χ1n) is 7.79. The summed E-state index contributed by atoms with van der Waals surface area (Å²) in [5.74, 6) is 1.59. The largest absolute Gasteiger partial charge is 0.464 e. The summed E-state index contributed by atoms with van der Waals surface area (Å²) in [6.45, 7) is 11.3. The van der Waals surface area contributed by atoms with Crippen LogP contribution in [-0.4, -0.2) is 34.6 Å². The van der Waals surface area contributed by atoms with Gasteiger partial charge < -0.3 is 15.4 Å². The molecule has 2 heterocycles. The lowest BCUT2D eigenvalue weighted by molar-refractivity contribution is 0.220. The normalized spacial score (nSPS) is 20.2. The molecule has 1 atom stereocenters. The average Bonchev–Trinajstić information content (AvgIpc) is 2.63. The molecule has 1 unspecified atom stereocenters. The third-order valence-corrected chi connectivity index (χ3v) is 4.13. The van der Waals surface area contributed by atoms with Gasteiger partial charge in [0.1, 0.15) is 0 Å². The Hall–Kier alpha value is -1.59. The smallest absolute Gasteiger partial charge is 0.323 e. The molecule has 0 bridgehead atoms. The van der Waals surface area contributed by atoms with Crippen LogP contribution in [0.1, 0.15) is 47.0 Å². The first-order valence-corrected chi connectivity index (χ1v) is 7.79. The molecule has 1 aliphatic rings. The number of anilines is 2. The molecule has 2 N–H and O–H groups in total. The Kier molecular flexibility index (Phi) is 4.85. The Morgan fingerprint density at radius 3 is 2.62 bits per heavy atom. The third-order valence-electron chi connectivity index (χ3n) is 4.13. The van der Waals surface area contributed by atoms with Crippen LogP contribution < -0.4 is 15.4 Å². The summed E-state index contributed by atoms with van der Waals surface area (Å²) in [7, 11) is 0. The first-order chi connectivity index (χ1) is 9.90. The highest BCUT2D eigenvalue weighted by atomic mass is 16.5. The van der Waals surface area contributed by atoms with Crippen LogP contribution in [0.15, 0.2) is 0 Å². The van der Waals surface area contributed by atoms with Gasteiger partial charge in [-0.3, -0.25) is 0 Å². The van der Waals surface area contributed by atoms with Crippen molar-refractivity contribution in [3.8, 4) is 6.01 Å². The van der Waals surface area contributed by atoms with Crippen LogP contribution in [0.25, 0.3) is 0 Å². The first kappa shape index (κ1) is 15.8. The lowest BCUT2D eigenvalue weighted by atomic mass is 9.77. The van der Waals surface area contributed by atoms with Crippen LogP contribution in [0.3, 0.4) is 0 Å². The highest BCUT2D eigenvalue weighted by Gasteiger charge is 2.28. The van der Waals surface area contributed by atoms with Crippen molar-refractivity contribution in [1.82, 2.24) is 15.0 Å². The Labute approximate surface area is 127 Å². The second kappa shape index (κ2) is 6.45. The van der Waals surface area contributed by atoms with Gasteiger partial charge in [0.2, 0.25) is 11.9 Å². The van der Waals surface area contributed by atoms with Crippen LogP contribution >= 0.6 is 0 Å². The summed E-state index contributed by atoms with van der Waals surface area (Å²) in [5, 5.41) is 0. The Morgan fingerprint density at radius 1 is 1.19 bits per heavy atom. The van der Waals surface area contributed by atoms with E-state index in [0.717, 1.165) is 31.8 Å². The number of hydrogen-bond acceptors (Lipinski definition) is 6. The van der Waals surface area contributed by atoms with Crippen molar-refractivity contribution in [3.05, 3.63) is 0 Å². The van der Waals surface area contributed by atoms with Gasteiger partial charge in [0, 0.05) is 13.1 Å². The van der Waals surface area contributed by atoms with E-state index in [4.69, 9.17) is 10.5 Å². The Balaban J connectivity index is 2.12. The summed E-state index contributed by atoms with van der Waals surface area (Å²) in [5.41, 5.74) is 6.11. The fraction of sp³-hybridized carbons (Fsp3) is 0.800. The van der Waals surface area contributed by atoms with Crippen molar-refractivity contribution < 1.29 is 4.74 Å². The molecule has 6 heteroatoms. The minimum atomic E-state index is 0.222. The third kappa shape index (κ3) is 4.19. The second-order valence-corrected chi connectivity index (χ2v) is 6.69. The number of nitrogen functional groups attached to an aromatic ring is 1. The second-order valence-electron chi connectivity index (χ2n) is 6.69. The molecule has 1 saturated heterocycles. The van der Waals surface area contributed by atoms with E-state index in [9.17, 15) is 0 Å². The van der Waals surface area contributed by atoms with E-state index >= 15 is 0 Å². The van der Waals surface area contributed by atoms with Crippen molar-refractivity contribution in [2.24, 2.45) is 11.3 Å². The van der Waals surface area contributed by atoms with E-state index in [-0.39, 0.29) is 5.95 Å². The molecule has 21 heavy (non-hydrogen) atoms. The minimum Gasteiger partial charge on any atom is -0.464 e. The standard InChI is InChI=1S/C15H27N5O/c1-5-21-14-18-12(16)17-13(19-14)20-9-6-7-11(8-10-20)15(2,3)4/h11H,5-10H2,1-4H3,(H2,16,17,18,19). The molecule has 1 aromatic rings. The molecule has 1 aromatic heterocycles. The molecule has 0 spiro atoms. The molecule has 0 aliphatic carbocycles. The van der Waals surface area contributed by atoms with E-state index in [1.54, 1.807) is 0 Å². The van der Waals surface area contributed by atoms with Gasteiger partial charge in [-0.15, -0.1) is 0 Å². The van der Waals surface area contributed by atoms with Crippen molar-refractivity contribution in [1.29, 1.82) is 0 Å². The van der Waals surface area contributed by atoms with E-state index < -0.39 is 0 Å². The van der Waals surface area contributed by atoms with Crippen molar-refractivity contribution in [3.63, 3.8) is 0 Å². The molecule has 6 nitrogen and oxygen atoms in total. The average molecular weight is 293 g/mol. The zero-order valence-corrected chi connectivity index (χ0v) is 13.6. The van der Waals surface area contributed by atoms with Gasteiger partial charge in [-0.1, -0.05) is 20.8 Å². The lowest BCUT2D eigenvalue weighted by Gasteiger charge is -2.29. The van der Waals surface area contributed by atoms with E-state index in [1.807, 2.05) is 6.92 Å².